The van der Waals surface area contributed by atoms with Gasteiger partial charge in [-0.15, -0.1) is 11.3 Å². The maximum absolute atomic E-state index is 12.4. The van der Waals surface area contributed by atoms with Crippen molar-refractivity contribution in [3.8, 4) is 0 Å². The SMILES string of the molecule is C=C/C=C(\C=C/Cc1cnc(N)s1)C[C@H](N)CF. The summed E-state index contributed by atoms with van der Waals surface area (Å²) in [6, 6.07) is -0.458. The number of nitrogen functional groups attached to an aromatic ring is 1. The number of halogens is 1. The van der Waals surface area contributed by atoms with Gasteiger partial charge < -0.3 is 11.5 Å². The van der Waals surface area contributed by atoms with E-state index >= 15 is 0 Å². The molecule has 0 amide bonds. The van der Waals surface area contributed by atoms with Crippen LogP contribution in [0, 0.1) is 0 Å². The Morgan fingerprint density at radius 1 is 1.61 bits per heavy atom. The van der Waals surface area contributed by atoms with Crippen LogP contribution >= 0.6 is 11.3 Å². The minimum Gasteiger partial charge on any atom is -0.375 e. The van der Waals surface area contributed by atoms with Crippen molar-refractivity contribution in [3.63, 3.8) is 0 Å². The molecule has 0 aromatic carbocycles. The van der Waals surface area contributed by atoms with E-state index in [1.807, 2.05) is 18.2 Å². The van der Waals surface area contributed by atoms with Crippen LogP contribution in [0.25, 0.3) is 0 Å². The highest BCUT2D eigenvalue weighted by Gasteiger charge is 2.03. The van der Waals surface area contributed by atoms with E-state index < -0.39 is 12.7 Å². The van der Waals surface area contributed by atoms with E-state index in [1.54, 1.807) is 12.3 Å². The molecule has 0 bridgehead atoms. The summed E-state index contributed by atoms with van der Waals surface area (Å²) in [6.45, 7) is 3.11. The predicted molar refractivity (Wildman–Crippen MR) is 76.2 cm³/mol. The fraction of sp³-hybridized carbons (Fsp3) is 0.308. The number of nitrogens with two attached hydrogens (primary N) is 2. The van der Waals surface area contributed by atoms with Crippen molar-refractivity contribution < 1.29 is 4.39 Å². The lowest BCUT2D eigenvalue weighted by Crippen LogP contribution is -2.22. The van der Waals surface area contributed by atoms with E-state index in [2.05, 4.69) is 11.6 Å². The second-order valence-corrected chi connectivity index (χ2v) is 5.01. The van der Waals surface area contributed by atoms with E-state index in [9.17, 15) is 4.39 Å². The maximum Gasteiger partial charge on any atom is 0.180 e. The number of rotatable bonds is 7. The molecular formula is C13H18FN3S. The van der Waals surface area contributed by atoms with Gasteiger partial charge in [-0.1, -0.05) is 30.9 Å². The molecule has 0 saturated heterocycles. The molecule has 3 nitrogen and oxygen atoms in total. The molecule has 4 N–H and O–H groups in total. The lowest BCUT2D eigenvalue weighted by atomic mass is 10.1. The van der Waals surface area contributed by atoms with Gasteiger partial charge in [0.25, 0.3) is 0 Å². The van der Waals surface area contributed by atoms with Crippen LogP contribution in [-0.2, 0) is 6.42 Å². The standard InChI is InChI=1S/C13H18FN3S/c1-2-4-10(7-11(15)8-14)5-3-6-12-9-17-13(16)18-12/h2-5,9,11H,1,6-8,15H2,(H2,16,17)/b5-3-,10-4+/t11-/m0/s1. The Kier molecular flexibility index (Phi) is 6.32. The van der Waals surface area contributed by atoms with Gasteiger partial charge in [-0.25, -0.2) is 9.37 Å². The first-order chi connectivity index (χ1) is 8.65. The van der Waals surface area contributed by atoms with E-state index in [0.29, 0.717) is 11.6 Å². The Labute approximate surface area is 111 Å². The molecule has 0 aliphatic rings. The van der Waals surface area contributed by atoms with Gasteiger partial charge in [-0.2, -0.15) is 0 Å². The Hall–Kier alpha value is -1.46. The highest BCUT2D eigenvalue weighted by Crippen LogP contribution is 2.16. The average Bonchev–Trinajstić information content (AvgIpc) is 2.75. The Balaban J connectivity index is 2.55. The van der Waals surface area contributed by atoms with Crippen LogP contribution in [0.3, 0.4) is 0 Å². The maximum atomic E-state index is 12.4. The molecule has 1 rings (SSSR count). The smallest absolute Gasteiger partial charge is 0.180 e. The second kappa shape index (κ2) is 7.79. The molecule has 0 fully saturated rings. The Morgan fingerprint density at radius 2 is 2.39 bits per heavy atom. The van der Waals surface area contributed by atoms with Crippen molar-refractivity contribution in [1.29, 1.82) is 0 Å². The van der Waals surface area contributed by atoms with Crippen molar-refractivity contribution in [1.82, 2.24) is 4.98 Å². The molecule has 0 spiro atoms. The van der Waals surface area contributed by atoms with Gasteiger partial charge in [0, 0.05) is 23.5 Å². The summed E-state index contributed by atoms with van der Waals surface area (Å²) in [4.78, 5) is 5.07. The van der Waals surface area contributed by atoms with Crippen LogP contribution < -0.4 is 11.5 Å². The van der Waals surface area contributed by atoms with Crippen LogP contribution in [0.15, 0.2) is 42.7 Å². The van der Waals surface area contributed by atoms with E-state index in [0.717, 1.165) is 16.9 Å². The first-order valence-corrected chi connectivity index (χ1v) is 6.47. The average molecular weight is 267 g/mol. The first-order valence-electron chi connectivity index (χ1n) is 5.65. The predicted octanol–water partition coefficient (Wildman–Crippen LogP) is 2.62. The zero-order valence-corrected chi connectivity index (χ0v) is 11.0. The van der Waals surface area contributed by atoms with Crippen molar-refractivity contribution in [2.24, 2.45) is 5.73 Å². The first kappa shape index (κ1) is 14.6. The van der Waals surface area contributed by atoms with E-state index in [1.165, 1.54) is 11.3 Å². The fourth-order valence-electron chi connectivity index (χ4n) is 1.44. The summed E-state index contributed by atoms with van der Waals surface area (Å²) >= 11 is 1.46. The molecular weight excluding hydrogens is 249 g/mol. The molecule has 98 valence electrons. The Morgan fingerprint density at radius 3 is 2.94 bits per heavy atom. The van der Waals surface area contributed by atoms with Crippen LogP contribution in [0.1, 0.15) is 11.3 Å². The van der Waals surface area contributed by atoms with Gasteiger partial charge in [-0.05, 0) is 12.0 Å². The van der Waals surface area contributed by atoms with Gasteiger partial charge in [0.1, 0.15) is 6.67 Å². The zero-order chi connectivity index (χ0) is 13.4. The number of nitrogens with zero attached hydrogens (tertiary/aromatic N) is 1. The monoisotopic (exact) mass is 267 g/mol. The summed E-state index contributed by atoms with van der Waals surface area (Å²) in [7, 11) is 0. The summed E-state index contributed by atoms with van der Waals surface area (Å²) in [5.41, 5.74) is 12.1. The number of anilines is 1. The molecule has 1 aromatic rings. The van der Waals surface area contributed by atoms with Crippen LogP contribution in [0.2, 0.25) is 0 Å². The molecule has 0 aliphatic carbocycles. The number of hydrogen-bond acceptors (Lipinski definition) is 4. The van der Waals surface area contributed by atoms with E-state index in [4.69, 9.17) is 11.5 Å². The summed E-state index contributed by atoms with van der Waals surface area (Å²) in [6.07, 6.45) is 10.5. The third kappa shape index (κ3) is 5.25. The van der Waals surface area contributed by atoms with Crippen molar-refractivity contribution in [2.75, 3.05) is 12.4 Å². The Bertz CT molecular complexity index is 437. The van der Waals surface area contributed by atoms with Gasteiger partial charge >= 0.3 is 0 Å². The second-order valence-electron chi connectivity index (χ2n) is 3.87. The molecule has 5 heteroatoms. The van der Waals surface area contributed by atoms with Crippen molar-refractivity contribution >= 4 is 16.5 Å². The minimum atomic E-state index is -0.520. The largest absolute Gasteiger partial charge is 0.375 e. The van der Waals surface area contributed by atoms with Gasteiger partial charge in [0.05, 0.1) is 0 Å². The highest BCUT2D eigenvalue weighted by molar-refractivity contribution is 7.15. The molecule has 1 heterocycles. The molecule has 1 aromatic heterocycles. The van der Waals surface area contributed by atoms with Crippen molar-refractivity contribution in [2.45, 2.75) is 18.9 Å². The molecule has 1 atom stereocenters. The zero-order valence-electron chi connectivity index (χ0n) is 10.2. The number of alkyl halides is 1. The number of allylic oxidation sites excluding steroid dienone is 4. The van der Waals surface area contributed by atoms with Crippen LogP contribution in [0.5, 0.6) is 0 Å². The third-order valence-electron chi connectivity index (χ3n) is 2.25. The third-order valence-corrected chi connectivity index (χ3v) is 3.10. The topological polar surface area (TPSA) is 64.9 Å². The lowest BCUT2D eigenvalue weighted by Gasteiger charge is -2.06. The van der Waals surface area contributed by atoms with Gasteiger partial charge in [-0.3, -0.25) is 0 Å². The van der Waals surface area contributed by atoms with Crippen LogP contribution in [0.4, 0.5) is 9.52 Å². The quantitative estimate of drug-likeness (QED) is 0.746. The lowest BCUT2D eigenvalue weighted by molar-refractivity contribution is 0.427. The van der Waals surface area contributed by atoms with Crippen LogP contribution in [-0.4, -0.2) is 17.7 Å². The van der Waals surface area contributed by atoms with E-state index in [-0.39, 0.29) is 0 Å². The van der Waals surface area contributed by atoms with Gasteiger partial charge in [0.15, 0.2) is 5.13 Å². The minimum absolute atomic E-state index is 0.458. The summed E-state index contributed by atoms with van der Waals surface area (Å²) < 4.78 is 12.4. The number of hydrogen-bond donors (Lipinski definition) is 2. The van der Waals surface area contributed by atoms with Gasteiger partial charge in [0.2, 0.25) is 0 Å². The molecule has 0 aliphatic heterocycles. The number of thiazole rings is 1. The fourth-order valence-corrected chi connectivity index (χ4v) is 2.10. The summed E-state index contributed by atoms with van der Waals surface area (Å²) in [5, 5.41) is 0.569. The summed E-state index contributed by atoms with van der Waals surface area (Å²) in [5.74, 6) is 0. The molecule has 18 heavy (non-hydrogen) atoms. The number of aromatic nitrogens is 1. The highest BCUT2D eigenvalue weighted by atomic mass is 32.1. The molecule has 0 radical (unpaired) electrons. The normalized spacial score (nSPS) is 14.0. The van der Waals surface area contributed by atoms with Crippen molar-refractivity contribution in [3.05, 3.63) is 47.5 Å². The molecule has 0 saturated carbocycles. The molecule has 0 unspecified atom stereocenters.